The SMILES string of the molecule is COC1CC(N(C)c2cc(N)ncn2)C1. The summed E-state index contributed by atoms with van der Waals surface area (Å²) in [6.45, 7) is 0. The average Bonchev–Trinajstić information content (AvgIpc) is 2.16. The molecule has 1 aromatic heterocycles. The lowest BCUT2D eigenvalue weighted by molar-refractivity contribution is 0.0264. The molecule has 5 heteroatoms. The van der Waals surface area contributed by atoms with Crippen LogP contribution in [-0.2, 0) is 4.74 Å². The Morgan fingerprint density at radius 2 is 2.20 bits per heavy atom. The number of anilines is 2. The minimum Gasteiger partial charge on any atom is -0.384 e. The summed E-state index contributed by atoms with van der Waals surface area (Å²) in [7, 11) is 3.78. The van der Waals surface area contributed by atoms with Gasteiger partial charge in [0.25, 0.3) is 0 Å². The summed E-state index contributed by atoms with van der Waals surface area (Å²) in [6, 6.07) is 2.30. The first-order valence-corrected chi connectivity index (χ1v) is 5.04. The van der Waals surface area contributed by atoms with Gasteiger partial charge < -0.3 is 15.4 Å². The number of aromatic nitrogens is 2. The number of rotatable bonds is 3. The second-order valence-electron chi connectivity index (χ2n) is 3.89. The maximum absolute atomic E-state index is 5.61. The first-order valence-electron chi connectivity index (χ1n) is 5.04. The molecule has 0 amide bonds. The fraction of sp³-hybridized carbons (Fsp3) is 0.600. The van der Waals surface area contributed by atoms with Gasteiger partial charge in [0, 0.05) is 26.3 Å². The van der Waals surface area contributed by atoms with Crippen LogP contribution in [0.1, 0.15) is 12.8 Å². The van der Waals surface area contributed by atoms with Crippen LogP contribution in [0.3, 0.4) is 0 Å². The van der Waals surface area contributed by atoms with E-state index >= 15 is 0 Å². The molecule has 2 rings (SSSR count). The molecule has 15 heavy (non-hydrogen) atoms. The van der Waals surface area contributed by atoms with Crippen molar-refractivity contribution in [3.63, 3.8) is 0 Å². The van der Waals surface area contributed by atoms with Crippen LogP contribution in [0.25, 0.3) is 0 Å². The highest BCUT2D eigenvalue weighted by molar-refractivity contribution is 5.46. The van der Waals surface area contributed by atoms with E-state index in [1.807, 2.05) is 7.05 Å². The molecule has 0 atom stereocenters. The zero-order valence-corrected chi connectivity index (χ0v) is 9.05. The Morgan fingerprint density at radius 1 is 1.47 bits per heavy atom. The third-order valence-electron chi connectivity index (χ3n) is 2.99. The molecule has 1 aliphatic carbocycles. The van der Waals surface area contributed by atoms with Crippen molar-refractivity contribution in [2.75, 3.05) is 24.8 Å². The highest BCUT2D eigenvalue weighted by Crippen LogP contribution is 2.29. The van der Waals surface area contributed by atoms with E-state index in [0.29, 0.717) is 18.0 Å². The van der Waals surface area contributed by atoms with E-state index in [2.05, 4.69) is 14.9 Å². The lowest BCUT2D eigenvalue weighted by atomic mass is 9.88. The Bertz CT molecular complexity index is 338. The van der Waals surface area contributed by atoms with Gasteiger partial charge in [-0.3, -0.25) is 0 Å². The van der Waals surface area contributed by atoms with E-state index in [1.165, 1.54) is 6.33 Å². The van der Waals surface area contributed by atoms with Crippen LogP contribution in [0.15, 0.2) is 12.4 Å². The number of hydrogen-bond acceptors (Lipinski definition) is 5. The van der Waals surface area contributed by atoms with E-state index in [0.717, 1.165) is 18.7 Å². The van der Waals surface area contributed by atoms with Gasteiger partial charge in [-0.1, -0.05) is 0 Å². The zero-order chi connectivity index (χ0) is 10.8. The lowest BCUT2D eigenvalue weighted by Gasteiger charge is -2.40. The summed E-state index contributed by atoms with van der Waals surface area (Å²) in [5, 5.41) is 0. The van der Waals surface area contributed by atoms with E-state index in [1.54, 1.807) is 13.2 Å². The third-order valence-corrected chi connectivity index (χ3v) is 2.99. The molecule has 5 nitrogen and oxygen atoms in total. The van der Waals surface area contributed by atoms with Gasteiger partial charge in [0.1, 0.15) is 18.0 Å². The highest BCUT2D eigenvalue weighted by atomic mass is 16.5. The summed E-state index contributed by atoms with van der Waals surface area (Å²) in [4.78, 5) is 10.2. The minimum absolute atomic E-state index is 0.400. The molecular formula is C10H16N4O. The molecule has 1 aromatic rings. The van der Waals surface area contributed by atoms with Crippen LogP contribution in [0.5, 0.6) is 0 Å². The van der Waals surface area contributed by atoms with Gasteiger partial charge >= 0.3 is 0 Å². The molecule has 0 aliphatic heterocycles. The van der Waals surface area contributed by atoms with Crippen LogP contribution in [0.4, 0.5) is 11.6 Å². The van der Waals surface area contributed by atoms with Crippen molar-refractivity contribution < 1.29 is 4.74 Å². The first-order chi connectivity index (χ1) is 7.20. The van der Waals surface area contributed by atoms with Crippen LogP contribution in [0, 0.1) is 0 Å². The quantitative estimate of drug-likeness (QED) is 0.791. The van der Waals surface area contributed by atoms with Crippen molar-refractivity contribution >= 4 is 11.6 Å². The van der Waals surface area contributed by atoms with E-state index in [9.17, 15) is 0 Å². The lowest BCUT2D eigenvalue weighted by Crippen LogP contribution is -2.46. The molecule has 0 radical (unpaired) electrons. The normalized spacial score (nSPS) is 24.7. The summed E-state index contributed by atoms with van der Waals surface area (Å²) in [5.74, 6) is 1.39. The zero-order valence-electron chi connectivity index (χ0n) is 9.05. The van der Waals surface area contributed by atoms with Crippen LogP contribution < -0.4 is 10.6 Å². The molecule has 0 aromatic carbocycles. The topological polar surface area (TPSA) is 64.3 Å². The minimum atomic E-state index is 0.400. The van der Waals surface area contributed by atoms with Gasteiger partial charge in [-0.15, -0.1) is 0 Å². The van der Waals surface area contributed by atoms with Crippen LogP contribution in [0.2, 0.25) is 0 Å². The van der Waals surface area contributed by atoms with Gasteiger partial charge in [0.2, 0.25) is 0 Å². The first kappa shape index (κ1) is 10.2. The maximum Gasteiger partial charge on any atom is 0.134 e. The van der Waals surface area contributed by atoms with Crippen molar-refractivity contribution in [3.05, 3.63) is 12.4 Å². The molecule has 0 bridgehead atoms. The summed E-state index contributed by atoms with van der Waals surface area (Å²) < 4.78 is 5.24. The Kier molecular flexibility index (Phi) is 2.73. The van der Waals surface area contributed by atoms with Crippen molar-refractivity contribution in [1.29, 1.82) is 0 Å². The molecule has 0 unspecified atom stereocenters. The standard InChI is InChI=1S/C10H16N4O/c1-14(7-3-8(4-7)15-2)10-5-9(11)12-6-13-10/h5-8H,3-4H2,1-2H3,(H2,11,12,13). The Morgan fingerprint density at radius 3 is 2.80 bits per heavy atom. The Labute approximate surface area is 89.3 Å². The highest BCUT2D eigenvalue weighted by Gasteiger charge is 2.32. The molecule has 1 saturated carbocycles. The smallest absolute Gasteiger partial charge is 0.134 e. The van der Waals surface area contributed by atoms with Gasteiger partial charge in [0.05, 0.1) is 6.10 Å². The van der Waals surface area contributed by atoms with Crippen molar-refractivity contribution in [3.8, 4) is 0 Å². The molecule has 1 heterocycles. The average molecular weight is 208 g/mol. The number of hydrogen-bond donors (Lipinski definition) is 1. The van der Waals surface area contributed by atoms with E-state index < -0.39 is 0 Å². The number of nitrogens with two attached hydrogens (primary N) is 1. The van der Waals surface area contributed by atoms with E-state index in [-0.39, 0.29) is 0 Å². The largest absolute Gasteiger partial charge is 0.384 e. The second kappa shape index (κ2) is 4.02. The number of ether oxygens (including phenoxy) is 1. The summed E-state index contributed by atoms with van der Waals surface area (Å²) in [5.41, 5.74) is 5.61. The third kappa shape index (κ3) is 2.02. The summed E-state index contributed by atoms with van der Waals surface area (Å²) >= 11 is 0. The van der Waals surface area contributed by atoms with Gasteiger partial charge in [-0.2, -0.15) is 0 Å². The van der Waals surface area contributed by atoms with Crippen molar-refractivity contribution in [2.24, 2.45) is 0 Å². The number of nitrogens with zero attached hydrogens (tertiary/aromatic N) is 3. The molecule has 1 aliphatic rings. The molecule has 0 saturated heterocycles. The number of nitrogen functional groups attached to an aromatic ring is 1. The molecule has 0 spiro atoms. The maximum atomic E-state index is 5.61. The number of methoxy groups -OCH3 is 1. The summed E-state index contributed by atoms with van der Waals surface area (Å²) in [6.07, 6.45) is 4.00. The molecular weight excluding hydrogens is 192 g/mol. The second-order valence-corrected chi connectivity index (χ2v) is 3.89. The van der Waals surface area contributed by atoms with Crippen LogP contribution >= 0.6 is 0 Å². The monoisotopic (exact) mass is 208 g/mol. The van der Waals surface area contributed by atoms with Crippen LogP contribution in [-0.4, -0.2) is 36.3 Å². The Hall–Kier alpha value is -1.36. The van der Waals surface area contributed by atoms with E-state index in [4.69, 9.17) is 10.5 Å². The van der Waals surface area contributed by atoms with Gasteiger partial charge in [-0.05, 0) is 12.8 Å². The van der Waals surface area contributed by atoms with Crippen molar-refractivity contribution in [2.45, 2.75) is 25.0 Å². The van der Waals surface area contributed by atoms with Gasteiger partial charge in [-0.25, -0.2) is 9.97 Å². The Balaban J connectivity index is 2.00. The molecule has 2 N–H and O–H groups in total. The predicted molar refractivity (Wildman–Crippen MR) is 58.7 cm³/mol. The van der Waals surface area contributed by atoms with Crippen molar-refractivity contribution in [1.82, 2.24) is 9.97 Å². The molecule has 1 fully saturated rings. The predicted octanol–water partition coefficient (Wildman–Crippen LogP) is 0.672. The van der Waals surface area contributed by atoms with Gasteiger partial charge in [0.15, 0.2) is 0 Å². The fourth-order valence-corrected chi connectivity index (χ4v) is 1.79. The molecule has 82 valence electrons. The fourth-order valence-electron chi connectivity index (χ4n) is 1.79.